The monoisotopic (exact) mass is 290 g/mol. The lowest BCUT2D eigenvalue weighted by Crippen LogP contribution is -2.35. The van der Waals surface area contributed by atoms with Gasteiger partial charge in [0, 0.05) is 19.4 Å². The number of carbonyl (C=O) groups excluding carboxylic acids is 1. The third-order valence-electron chi connectivity index (χ3n) is 3.39. The van der Waals surface area contributed by atoms with Gasteiger partial charge in [0.1, 0.15) is 5.75 Å². The van der Waals surface area contributed by atoms with Crippen molar-refractivity contribution in [3.8, 4) is 5.75 Å². The Kier molecular flexibility index (Phi) is 5.60. The van der Waals surface area contributed by atoms with E-state index >= 15 is 0 Å². The molecule has 1 N–H and O–H groups in total. The van der Waals surface area contributed by atoms with Crippen molar-refractivity contribution in [2.75, 3.05) is 13.7 Å². The Bertz CT molecular complexity index is 514. The van der Waals surface area contributed by atoms with Crippen LogP contribution in [0.25, 0.3) is 0 Å². The van der Waals surface area contributed by atoms with Gasteiger partial charge in [-0.3, -0.25) is 4.79 Å². The van der Waals surface area contributed by atoms with Crippen LogP contribution in [0, 0.1) is 0 Å². The van der Waals surface area contributed by atoms with Crippen LogP contribution in [-0.2, 0) is 16.1 Å². The number of unbranched alkanes of at least 4 members (excludes halogenated alkanes) is 1. The lowest BCUT2D eigenvalue weighted by atomic mass is 10.0. The number of hydrogen-bond donors (Lipinski definition) is 1. The van der Waals surface area contributed by atoms with Gasteiger partial charge in [-0.2, -0.15) is 0 Å². The van der Waals surface area contributed by atoms with E-state index in [0.29, 0.717) is 19.4 Å². The third kappa shape index (κ3) is 4.48. The summed E-state index contributed by atoms with van der Waals surface area (Å²) in [4.78, 5) is 17.1. The smallest absolute Gasteiger partial charge is 0.264 e. The SMILES string of the molecule is CCCCNC(=O)[C@@H]1CC(Cc2cccc(OC)c2)=NO1. The predicted octanol–water partition coefficient (Wildman–Crippen LogP) is 2.30. The number of rotatable bonds is 7. The molecule has 1 aromatic rings. The van der Waals surface area contributed by atoms with Crippen LogP contribution in [0.2, 0.25) is 0 Å². The second-order valence-electron chi connectivity index (χ2n) is 5.13. The Morgan fingerprint density at radius 3 is 3.14 bits per heavy atom. The van der Waals surface area contributed by atoms with Gasteiger partial charge in [0.05, 0.1) is 12.8 Å². The fourth-order valence-electron chi connectivity index (χ4n) is 2.19. The zero-order valence-corrected chi connectivity index (χ0v) is 12.6. The molecule has 2 rings (SSSR count). The van der Waals surface area contributed by atoms with Gasteiger partial charge in [-0.15, -0.1) is 0 Å². The minimum Gasteiger partial charge on any atom is -0.497 e. The van der Waals surface area contributed by atoms with Gasteiger partial charge in [0.25, 0.3) is 5.91 Å². The summed E-state index contributed by atoms with van der Waals surface area (Å²) in [6, 6.07) is 7.83. The molecule has 1 heterocycles. The number of nitrogens with one attached hydrogen (secondary N) is 1. The highest BCUT2D eigenvalue weighted by Crippen LogP contribution is 2.18. The molecule has 0 aromatic heterocycles. The van der Waals surface area contributed by atoms with E-state index in [1.54, 1.807) is 7.11 Å². The lowest BCUT2D eigenvalue weighted by molar-refractivity contribution is -0.131. The molecule has 114 valence electrons. The highest BCUT2D eigenvalue weighted by Gasteiger charge is 2.27. The highest BCUT2D eigenvalue weighted by atomic mass is 16.6. The fourth-order valence-corrected chi connectivity index (χ4v) is 2.19. The average molecular weight is 290 g/mol. The molecule has 0 spiro atoms. The van der Waals surface area contributed by atoms with E-state index in [1.165, 1.54) is 0 Å². The van der Waals surface area contributed by atoms with E-state index in [-0.39, 0.29) is 5.91 Å². The van der Waals surface area contributed by atoms with Crippen LogP contribution in [0.4, 0.5) is 0 Å². The van der Waals surface area contributed by atoms with Gasteiger partial charge in [0.15, 0.2) is 0 Å². The molecule has 0 saturated heterocycles. The number of ether oxygens (including phenoxy) is 1. The van der Waals surface area contributed by atoms with Crippen molar-refractivity contribution in [1.82, 2.24) is 5.32 Å². The zero-order valence-electron chi connectivity index (χ0n) is 12.6. The molecule has 1 aromatic carbocycles. The van der Waals surface area contributed by atoms with Gasteiger partial charge < -0.3 is 14.9 Å². The maximum atomic E-state index is 11.9. The van der Waals surface area contributed by atoms with E-state index in [1.807, 2.05) is 24.3 Å². The minimum atomic E-state index is -0.484. The second kappa shape index (κ2) is 7.67. The van der Waals surface area contributed by atoms with Gasteiger partial charge in [-0.05, 0) is 24.1 Å². The molecule has 0 unspecified atom stereocenters. The number of oxime groups is 1. The molecule has 21 heavy (non-hydrogen) atoms. The summed E-state index contributed by atoms with van der Waals surface area (Å²) in [5.41, 5.74) is 1.99. The molecule has 0 radical (unpaired) electrons. The van der Waals surface area contributed by atoms with E-state index in [4.69, 9.17) is 9.57 Å². The number of hydrogen-bond acceptors (Lipinski definition) is 4. The fraction of sp³-hybridized carbons (Fsp3) is 0.500. The Morgan fingerprint density at radius 2 is 2.38 bits per heavy atom. The first-order valence-electron chi connectivity index (χ1n) is 7.35. The molecule has 5 nitrogen and oxygen atoms in total. The molecule has 1 amide bonds. The zero-order chi connectivity index (χ0) is 15.1. The third-order valence-corrected chi connectivity index (χ3v) is 3.39. The van der Waals surface area contributed by atoms with E-state index in [0.717, 1.165) is 29.9 Å². The van der Waals surface area contributed by atoms with Gasteiger partial charge in [-0.1, -0.05) is 30.6 Å². The summed E-state index contributed by atoms with van der Waals surface area (Å²) in [5.74, 6) is 0.744. The van der Waals surface area contributed by atoms with Crippen LogP contribution in [-0.4, -0.2) is 31.4 Å². The lowest BCUT2D eigenvalue weighted by Gasteiger charge is -2.08. The maximum Gasteiger partial charge on any atom is 0.264 e. The van der Waals surface area contributed by atoms with Crippen molar-refractivity contribution in [3.63, 3.8) is 0 Å². The normalized spacial score (nSPS) is 17.0. The van der Waals surface area contributed by atoms with Crippen molar-refractivity contribution in [3.05, 3.63) is 29.8 Å². The van der Waals surface area contributed by atoms with Crippen molar-refractivity contribution >= 4 is 11.6 Å². The number of benzene rings is 1. The van der Waals surface area contributed by atoms with E-state index < -0.39 is 6.10 Å². The Hall–Kier alpha value is -2.04. The molecule has 0 aliphatic carbocycles. The first-order chi connectivity index (χ1) is 10.2. The van der Waals surface area contributed by atoms with Crippen LogP contribution in [0.1, 0.15) is 31.7 Å². The van der Waals surface area contributed by atoms with Crippen LogP contribution >= 0.6 is 0 Å². The minimum absolute atomic E-state index is 0.0761. The van der Waals surface area contributed by atoms with Gasteiger partial charge in [-0.25, -0.2) is 0 Å². The van der Waals surface area contributed by atoms with Crippen molar-refractivity contribution in [2.24, 2.45) is 5.16 Å². The van der Waals surface area contributed by atoms with Gasteiger partial charge >= 0.3 is 0 Å². The number of amides is 1. The Morgan fingerprint density at radius 1 is 1.52 bits per heavy atom. The van der Waals surface area contributed by atoms with Crippen LogP contribution in [0.15, 0.2) is 29.4 Å². The molecular weight excluding hydrogens is 268 g/mol. The molecule has 1 aliphatic heterocycles. The Labute approximate surface area is 125 Å². The predicted molar refractivity (Wildman–Crippen MR) is 81.5 cm³/mol. The van der Waals surface area contributed by atoms with E-state index in [9.17, 15) is 4.79 Å². The number of methoxy groups -OCH3 is 1. The first-order valence-corrected chi connectivity index (χ1v) is 7.35. The second-order valence-corrected chi connectivity index (χ2v) is 5.13. The Balaban J connectivity index is 1.83. The number of carbonyl (C=O) groups is 1. The van der Waals surface area contributed by atoms with Crippen LogP contribution < -0.4 is 10.1 Å². The summed E-state index contributed by atoms with van der Waals surface area (Å²) in [6.45, 7) is 2.79. The molecule has 0 saturated carbocycles. The molecule has 0 bridgehead atoms. The number of nitrogens with zero attached hydrogens (tertiary/aromatic N) is 1. The molecule has 1 aliphatic rings. The standard InChI is InChI=1S/C16H22N2O3/c1-3-4-8-17-16(19)15-11-13(18-21-15)9-12-6-5-7-14(10-12)20-2/h5-7,10,15H,3-4,8-9,11H2,1-2H3,(H,17,19)/t15-/m0/s1. The topological polar surface area (TPSA) is 59.9 Å². The summed E-state index contributed by atoms with van der Waals surface area (Å²) in [5, 5.41) is 6.90. The van der Waals surface area contributed by atoms with Crippen LogP contribution in [0.5, 0.6) is 5.75 Å². The summed E-state index contributed by atoms with van der Waals surface area (Å²) in [6.07, 6.45) is 2.78. The summed E-state index contributed by atoms with van der Waals surface area (Å²) in [7, 11) is 1.64. The first kappa shape index (κ1) is 15.4. The van der Waals surface area contributed by atoms with Crippen molar-refractivity contribution in [2.45, 2.75) is 38.7 Å². The maximum absolute atomic E-state index is 11.9. The molecule has 5 heteroatoms. The van der Waals surface area contributed by atoms with Crippen molar-refractivity contribution < 1.29 is 14.4 Å². The molecular formula is C16H22N2O3. The quantitative estimate of drug-likeness (QED) is 0.784. The average Bonchev–Trinajstić information content (AvgIpc) is 2.96. The van der Waals surface area contributed by atoms with E-state index in [2.05, 4.69) is 17.4 Å². The summed E-state index contributed by atoms with van der Waals surface area (Å²) < 4.78 is 5.20. The largest absolute Gasteiger partial charge is 0.497 e. The highest BCUT2D eigenvalue weighted by molar-refractivity contribution is 5.93. The summed E-state index contributed by atoms with van der Waals surface area (Å²) >= 11 is 0. The molecule has 0 fully saturated rings. The van der Waals surface area contributed by atoms with Crippen molar-refractivity contribution in [1.29, 1.82) is 0 Å². The van der Waals surface area contributed by atoms with Gasteiger partial charge in [0.2, 0.25) is 6.10 Å². The van der Waals surface area contributed by atoms with Crippen LogP contribution in [0.3, 0.4) is 0 Å². The molecule has 1 atom stereocenters.